The molecule has 0 aliphatic heterocycles. The monoisotopic (exact) mass is 237 g/mol. The van der Waals surface area contributed by atoms with E-state index in [1.807, 2.05) is 6.92 Å². The third-order valence-corrected chi connectivity index (χ3v) is 2.31. The Kier molecular flexibility index (Phi) is 4.51. The summed E-state index contributed by atoms with van der Waals surface area (Å²) < 4.78 is 9.47. The Balaban J connectivity index is 2.77. The number of hydrogen-bond donors (Lipinski definition) is 1. The van der Waals surface area contributed by atoms with Crippen LogP contribution in [0.2, 0.25) is 0 Å². The van der Waals surface area contributed by atoms with Crippen molar-refractivity contribution in [3.63, 3.8) is 0 Å². The van der Waals surface area contributed by atoms with E-state index < -0.39 is 5.97 Å². The molecule has 5 nitrogen and oxygen atoms in total. The molecule has 0 unspecified atom stereocenters. The van der Waals surface area contributed by atoms with Gasteiger partial charge in [-0.05, 0) is 24.6 Å². The van der Waals surface area contributed by atoms with E-state index in [1.54, 1.807) is 18.2 Å². The molecule has 0 bridgehead atoms. The highest BCUT2D eigenvalue weighted by atomic mass is 16.5. The van der Waals surface area contributed by atoms with Crippen molar-refractivity contribution >= 4 is 11.9 Å². The molecule has 0 radical (unpaired) electrons. The maximum absolute atomic E-state index is 11.8. The first-order valence-electron chi connectivity index (χ1n) is 5.08. The molecule has 0 saturated heterocycles. The van der Waals surface area contributed by atoms with Crippen LogP contribution in [0, 0.1) is 6.92 Å². The van der Waals surface area contributed by atoms with Crippen LogP contribution < -0.4 is 10.1 Å². The van der Waals surface area contributed by atoms with Crippen LogP contribution in [0.5, 0.6) is 5.75 Å². The number of esters is 1. The third-order valence-electron chi connectivity index (χ3n) is 2.31. The molecule has 1 rings (SSSR count). The van der Waals surface area contributed by atoms with E-state index in [-0.39, 0.29) is 12.5 Å². The predicted molar refractivity (Wildman–Crippen MR) is 62.1 cm³/mol. The van der Waals surface area contributed by atoms with Crippen molar-refractivity contribution in [1.82, 2.24) is 5.32 Å². The summed E-state index contributed by atoms with van der Waals surface area (Å²) in [6.45, 7) is 1.67. The lowest BCUT2D eigenvalue weighted by Gasteiger charge is -2.08. The number of hydrogen-bond acceptors (Lipinski definition) is 4. The summed E-state index contributed by atoms with van der Waals surface area (Å²) >= 11 is 0. The lowest BCUT2D eigenvalue weighted by molar-refractivity contribution is -0.139. The van der Waals surface area contributed by atoms with Crippen LogP contribution in [-0.4, -0.2) is 32.6 Å². The number of methoxy groups -OCH3 is 2. The van der Waals surface area contributed by atoms with Gasteiger partial charge in [0.1, 0.15) is 12.3 Å². The number of ether oxygens (including phenoxy) is 2. The van der Waals surface area contributed by atoms with E-state index >= 15 is 0 Å². The molecule has 0 atom stereocenters. The zero-order chi connectivity index (χ0) is 12.8. The first-order valence-corrected chi connectivity index (χ1v) is 5.08. The van der Waals surface area contributed by atoms with Crippen LogP contribution in [-0.2, 0) is 9.53 Å². The number of carbonyl (C=O) groups excluding carboxylic acids is 2. The number of nitrogens with one attached hydrogen (secondary N) is 1. The van der Waals surface area contributed by atoms with Crippen molar-refractivity contribution < 1.29 is 19.1 Å². The molecule has 0 aliphatic carbocycles. The Morgan fingerprint density at radius 2 is 2.00 bits per heavy atom. The van der Waals surface area contributed by atoms with Gasteiger partial charge < -0.3 is 14.8 Å². The molecule has 0 aliphatic rings. The number of aryl methyl sites for hydroxylation is 1. The number of rotatable bonds is 4. The summed E-state index contributed by atoms with van der Waals surface area (Å²) in [5.41, 5.74) is 1.29. The highest BCUT2D eigenvalue weighted by molar-refractivity contribution is 5.97. The molecule has 0 fully saturated rings. The largest absolute Gasteiger partial charge is 0.497 e. The highest BCUT2D eigenvalue weighted by Crippen LogP contribution is 2.16. The van der Waals surface area contributed by atoms with Gasteiger partial charge in [0.05, 0.1) is 14.2 Å². The Hall–Kier alpha value is -2.04. The van der Waals surface area contributed by atoms with Crippen molar-refractivity contribution in [2.24, 2.45) is 0 Å². The minimum absolute atomic E-state index is 0.147. The van der Waals surface area contributed by atoms with E-state index in [9.17, 15) is 9.59 Å². The quantitative estimate of drug-likeness (QED) is 0.790. The molecule has 1 amide bonds. The second-order valence-electron chi connectivity index (χ2n) is 3.44. The van der Waals surface area contributed by atoms with E-state index in [1.165, 1.54) is 14.2 Å². The summed E-state index contributed by atoms with van der Waals surface area (Å²) in [4.78, 5) is 22.7. The average molecular weight is 237 g/mol. The molecule has 5 heteroatoms. The minimum atomic E-state index is -0.487. The van der Waals surface area contributed by atoms with E-state index in [0.29, 0.717) is 11.3 Å². The van der Waals surface area contributed by atoms with Gasteiger partial charge in [0, 0.05) is 5.56 Å². The van der Waals surface area contributed by atoms with E-state index in [2.05, 4.69) is 10.1 Å². The fourth-order valence-electron chi connectivity index (χ4n) is 1.29. The minimum Gasteiger partial charge on any atom is -0.497 e. The van der Waals surface area contributed by atoms with Crippen molar-refractivity contribution in [3.05, 3.63) is 29.3 Å². The Morgan fingerprint density at radius 3 is 2.59 bits per heavy atom. The Labute approximate surface area is 99.7 Å². The van der Waals surface area contributed by atoms with Crippen molar-refractivity contribution in [1.29, 1.82) is 0 Å². The van der Waals surface area contributed by atoms with Crippen LogP contribution in [0.1, 0.15) is 15.9 Å². The summed E-state index contributed by atoms with van der Waals surface area (Å²) in [5.74, 6) is -0.218. The molecule has 0 spiro atoms. The normalized spacial score (nSPS) is 9.59. The fourth-order valence-corrected chi connectivity index (χ4v) is 1.29. The first kappa shape index (κ1) is 13.0. The molecule has 0 heterocycles. The standard InChI is InChI=1S/C12H15NO4/c1-8-4-5-9(16-2)6-10(8)12(15)13-7-11(14)17-3/h4-6H,7H2,1-3H3,(H,13,15). The maximum atomic E-state index is 11.8. The fraction of sp³-hybridized carbons (Fsp3) is 0.333. The summed E-state index contributed by atoms with van der Waals surface area (Å²) in [6, 6.07) is 5.18. The lowest BCUT2D eigenvalue weighted by Crippen LogP contribution is -2.30. The molecule has 17 heavy (non-hydrogen) atoms. The Morgan fingerprint density at radius 1 is 1.29 bits per heavy atom. The highest BCUT2D eigenvalue weighted by Gasteiger charge is 2.11. The zero-order valence-corrected chi connectivity index (χ0v) is 10.1. The molecule has 1 aromatic carbocycles. The van der Waals surface area contributed by atoms with Crippen LogP contribution in [0.4, 0.5) is 0 Å². The van der Waals surface area contributed by atoms with Gasteiger partial charge in [-0.3, -0.25) is 9.59 Å². The van der Waals surface area contributed by atoms with Gasteiger partial charge in [0.15, 0.2) is 0 Å². The van der Waals surface area contributed by atoms with Gasteiger partial charge in [-0.25, -0.2) is 0 Å². The first-order chi connectivity index (χ1) is 8.08. The number of carbonyl (C=O) groups is 2. The van der Waals surface area contributed by atoms with Gasteiger partial charge >= 0.3 is 5.97 Å². The van der Waals surface area contributed by atoms with E-state index in [0.717, 1.165) is 5.56 Å². The van der Waals surface area contributed by atoms with Crippen LogP contribution in [0.15, 0.2) is 18.2 Å². The molecule has 92 valence electrons. The topological polar surface area (TPSA) is 64.6 Å². The van der Waals surface area contributed by atoms with Gasteiger partial charge in [-0.1, -0.05) is 6.07 Å². The van der Waals surface area contributed by atoms with Crippen LogP contribution in [0.3, 0.4) is 0 Å². The molecule has 0 aromatic heterocycles. The SMILES string of the molecule is COC(=O)CNC(=O)c1cc(OC)ccc1C. The average Bonchev–Trinajstić information content (AvgIpc) is 2.36. The summed E-state index contributed by atoms with van der Waals surface area (Å²) in [7, 11) is 2.80. The third kappa shape index (κ3) is 3.48. The molecular weight excluding hydrogens is 222 g/mol. The molecule has 0 saturated carbocycles. The molecule has 1 aromatic rings. The second-order valence-corrected chi connectivity index (χ2v) is 3.44. The van der Waals surface area contributed by atoms with Crippen LogP contribution in [0.25, 0.3) is 0 Å². The maximum Gasteiger partial charge on any atom is 0.325 e. The van der Waals surface area contributed by atoms with Gasteiger partial charge in [-0.2, -0.15) is 0 Å². The van der Waals surface area contributed by atoms with Gasteiger partial charge in [-0.15, -0.1) is 0 Å². The zero-order valence-electron chi connectivity index (χ0n) is 10.1. The Bertz CT molecular complexity index is 429. The molecule has 1 N–H and O–H groups in total. The van der Waals surface area contributed by atoms with Gasteiger partial charge in [0.2, 0.25) is 0 Å². The number of amides is 1. The van der Waals surface area contributed by atoms with Crippen molar-refractivity contribution in [3.8, 4) is 5.75 Å². The van der Waals surface area contributed by atoms with Crippen LogP contribution >= 0.6 is 0 Å². The number of benzene rings is 1. The summed E-state index contributed by atoms with van der Waals surface area (Å²) in [5, 5.41) is 2.47. The molecular formula is C12H15NO4. The van der Waals surface area contributed by atoms with Crippen molar-refractivity contribution in [2.75, 3.05) is 20.8 Å². The van der Waals surface area contributed by atoms with E-state index in [4.69, 9.17) is 4.74 Å². The second kappa shape index (κ2) is 5.89. The smallest absolute Gasteiger partial charge is 0.325 e. The van der Waals surface area contributed by atoms with Gasteiger partial charge in [0.25, 0.3) is 5.91 Å². The lowest BCUT2D eigenvalue weighted by atomic mass is 10.1. The summed E-state index contributed by atoms with van der Waals surface area (Å²) in [6.07, 6.45) is 0. The predicted octanol–water partition coefficient (Wildman–Crippen LogP) is 0.906. The van der Waals surface area contributed by atoms with Crippen molar-refractivity contribution in [2.45, 2.75) is 6.92 Å².